The molecular formula is C14H16N2O2. The number of ether oxygens (including phenoxy) is 1. The maximum Gasteiger partial charge on any atom is 0.311 e. The van der Waals surface area contributed by atoms with Crippen molar-refractivity contribution in [2.24, 2.45) is 7.05 Å². The molecule has 1 heterocycles. The average molecular weight is 244 g/mol. The van der Waals surface area contributed by atoms with Crippen LogP contribution < -0.4 is 0 Å². The van der Waals surface area contributed by atoms with Gasteiger partial charge >= 0.3 is 5.97 Å². The van der Waals surface area contributed by atoms with Crippen molar-refractivity contribution in [3.63, 3.8) is 0 Å². The molecule has 4 heteroatoms. The minimum absolute atomic E-state index is 0.217. The molecule has 0 radical (unpaired) electrons. The van der Waals surface area contributed by atoms with Crippen LogP contribution in [-0.2, 0) is 23.0 Å². The number of carbonyl (C=O) groups is 1. The largest absolute Gasteiger partial charge is 0.466 e. The van der Waals surface area contributed by atoms with Crippen LogP contribution in [-0.4, -0.2) is 22.4 Å². The van der Waals surface area contributed by atoms with Crippen LogP contribution >= 0.6 is 0 Å². The molecule has 0 spiro atoms. The first kappa shape index (κ1) is 12.4. The van der Waals surface area contributed by atoms with Crippen molar-refractivity contribution >= 4 is 5.97 Å². The fourth-order valence-electron chi connectivity index (χ4n) is 1.85. The van der Waals surface area contributed by atoms with Gasteiger partial charge in [-0.15, -0.1) is 0 Å². The molecule has 0 unspecified atom stereocenters. The molecule has 4 nitrogen and oxygen atoms in total. The van der Waals surface area contributed by atoms with Crippen LogP contribution in [0, 0.1) is 0 Å². The lowest BCUT2D eigenvalue weighted by Crippen LogP contribution is -2.08. The third kappa shape index (κ3) is 2.77. The van der Waals surface area contributed by atoms with Gasteiger partial charge < -0.3 is 4.74 Å². The number of carbonyl (C=O) groups excluding carboxylic acids is 1. The second kappa shape index (κ2) is 5.49. The summed E-state index contributed by atoms with van der Waals surface area (Å²) in [5, 5.41) is 4.33. The van der Waals surface area contributed by atoms with E-state index in [-0.39, 0.29) is 12.4 Å². The predicted molar refractivity (Wildman–Crippen MR) is 69.0 cm³/mol. The summed E-state index contributed by atoms with van der Waals surface area (Å²) < 4.78 is 6.69. The van der Waals surface area contributed by atoms with Crippen molar-refractivity contribution < 1.29 is 9.53 Å². The molecule has 1 aromatic heterocycles. The van der Waals surface area contributed by atoms with E-state index >= 15 is 0 Å². The number of aryl methyl sites for hydroxylation is 1. The fourth-order valence-corrected chi connectivity index (χ4v) is 1.85. The lowest BCUT2D eigenvalue weighted by molar-refractivity contribution is -0.142. The van der Waals surface area contributed by atoms with E-state index in [0.29, 0.717) is 6.61 Å². The molecule has 0 bridgehead atoms. The molecule has 18 heavy (non-hydrogen) atoms. The summed E-state index contributed by atoms with van der Waals surface area (Å²) in [5.41, 5.74) is 2.81. The number of rotatable bonds is 4. The molecule has 1 aromatic carbocycles. The number of benzene rings is 1. The van der Waals surface area contributed by atoms with Crippen molar-refractivity contribution in [3.05, 3.63) is 42.1 Å². The summed E-state index contributed by atoms with van der Waals surface area (Å²) in [4.78, 5) is 11.4. The summed E-state index contributed by atoms with van der Waals surface area (Å²) >= 11 is 0. The maximum absolute atomic E-state index is 11.4. The first-order chi connectivity index (χ1) is 8.70. The summed E-state index contributed by atoms with van der Waals surface area (Å²) in [7, 11) is 1.87. The second-order valence-electron chi connectivity index (χ2n) is 3.99. The Kier molecular flexibility index (Phi) is 3.77. The zero-order chi connectivity index (χ0) is 13.0. The van der Waals surface area contributed by atoms with Gasteiger partial charge in [0, 0.05) is 7.05 Å². The number of aromatic nitrogens is 2. The number of hydrogen-bond donors (Lipinski definition) is 0. The van der Waals surface area contributed by atoms with Crippen molar-refractivity contribution in [1.82, 2.24) is 9.78 Å². The van der Waals surface area contributed by atoms with Crippen LogP contribution in [0.5, 0.6) is 0 Å². The first-order valence-electron chi connectivity index (χ1n) is 5.94. The normalized spacial score (nSPS) is 10.3. The molecule has 0 aliphatic heterocycles. The van der Waals surface area contributed by atoms with Crippen molar-refractivity contribution in [1.29, 1.82) is 0 Å². The van der Waals surface area contributed by atoms with E-state index in [9.17, 15) is 4.79 Å². The zero-order valence-electron chi connectivity index (χ0n) is 10.6. The molecule has 0 aliphatic carbocycles. The average Bonchev–Trinajstić information content (AvgIpc) is 2.71. The molecule has 0 saturated heterocycles. The molecule has 0 aliphatic rings. The predicted octanol–water partition coefficient (Wildman–Crippen LogP) is 2.19. The van der Waals surface area contributed by atoms with Gasteiger partial charge in [0.25, 0.3) is 0 Å². The van der Waals surface area contributed by atoms with Gasteiger partial charge in [0.2, 0.25) is 0 Å². The van der Waals surface area contributed by atoms with Gasteiger partial charge in [-0.05, 0) is 18.6 Å². The van der Waals surface area contributed by atoms with Gasteiger partial charge in [-0.25, -0.2) is 0 Å². The summed E-state index contributed by atoms with van der Waals surface area (Å²) in [6.45, 7) is 2.20. The Morgan fingerprint density at radius 3 is 2.72 bits per heavy atom. The van der Waals surface area contributed by atoms with E-state index in [1.165, 1.54) is 0 Å². The highest BCUT2D eigenvalue weighted by Gasteiger charge is 2.11. The number of nitrogens with zero attached hydrogens (tertiary/aromatic N) is 2. The van der Waals surface area contributed by atoms with Gasteiger partial charge in [-0.1, -0.05) is 30.3 Å². The van der Waals surface area contributed by atoms with Gasteiger partial charge in [-0.2, -0.15) is 5.10 Å². The van der Waals surface area contributed by atoms with E-state index in [4.69, 9.17) is 4.74 Å². The summed E-state index contributed by atoms with van der Waals surface area (Å²) in [5.74, 6) is -0.241. The molecule has 0 saturated carbocycles. The Hall–Kier alpha value is -2.10. The van der Waals surface area contributed by atoms with Gasteiger partial charge in [0.15, 0.2) is 0 Å². The molecule has 94 valence electrons. The topological polar surface area (TPSA) is 44.1 Å². The summed E-state index contributed by atoms with van der Waals surface area (Å²) in [6.07, 6.45) is 0.217. The van der Waals surface area contributed by atoms with E-state index in [1.807, 2.05) is 43.4 Å². The smallest absolute Gasteiger partial charge is 0.311 e. The lowest BCUT2D eigenvalue weighted by Gasteiger charge is -1.99. The third-order valence-electron chi connectivity index (χ3n) is 2.63. The van der Waals surface area contributed by atoms with Crippen molar-refractivity contribution in [3.8, 4) is 11.3 Å². The minimum Gasteiger partial charge on any atom is -0.466 e. The van der Waals surface area contributed by atoms with Crippen LogP contribution in [0.4, 0.5) is 0 Å². The van der Waals surface area contributed by atoms with Crippen molar-refractivity contribution in [2.75, 3.05) is 6.61 Å². The fraction of sp³-hybridized carbons (Fsp3) is 0.286. The molecule has 0 atom stereocenters. The highest BCUT2D eigenvalue weighted by Crippen LogP contribution is 2.19. The minimum atomic E-state index is -0.241. The Labute approximate surface area is 106 Å². The van der Waals surface area contributed by atoms with Crippen LogP contribution in [0.2, 0.25) is 0 Å². The molecular weight excluding hydrogens is 228 g/mol. The Bertz CT molecular complexity index is 532. The van der Waals surface area contributed by atoms with Crippen LogP contribution in [0.3, 0.4) is 0 Å². The van der Waals surface area contributed by atoms with E-state index in [0.717, 1.165) is 17.0 Å². The molecule has 0 fully saturated rings. The maximum atomic E-state index is 11.4. The SMILES string of the molecule is CCOC(=O)Cc1cc(-c2ccccc2)n(C)n1. The highest BCUT2D eigenvalue weighted by atomic mass is 16.5. The third-order valence-corrected chi connectivity index (χ3v) is 2.63. The van der Waals surface area contributed by atoms with Gasteiger partial charge in [0.1, 0.15) is 0 Å². The molecule has 0 N–H and O–H groups in total. The quantitative estimate of drug-likeness (QED) is 0.774. The molecule has 2 aromatic rings. The van der Waals surface area contributed by atoms with Crippen LogP contribution in [0.1, 0.15) is 12.6 Å². The monoisotopic (exact) mass is 244 g/mol. The molecule has 0 amide bonds. The zero-order valence-corrected chi connectivity index (χ0v) is 10.6. The van der Waals surface area contributed by atoms with Crippen LogP contribution in [0.25, 0.3) is 11.3 Å². The van der Waals surface area contributed by atoms with Crippen LogP contribution in [0.15, 0.2) is 36.4 Å². The Balaban J connectivity index is 2.20. The van der Waals surface area contributed by atoms with Gasteiger partial charge in [0.05, 0.1) is 24.4 Å². The first-order valence-corrected chi connectivity index (χ1v) is 5.94. The standard InChI is InChI=1S/C14H16N2O2/c1-3-18-14(17)10-12-9-13(16(2)15-12)11-7-5-4-6-8-11/h4-9H,3,10H2,1-2H3. The van der Waals surface area contributed by atoms with Crippen molar-refractivity contribution in [2.45, 2.75) is 13.3 Å². The second-order valence-corrected chi connectivity index (χ2v) is 3.99. The lowest BCUT2D eigenvalue weighted by atomic mass is 10.1. The Morgan fingerprint density at radius 2 is 2.06 bits per heavy atom. The highest BCUT2D eigenvalue weighted by molar-refractivity contribution is 5.72. The van der Waals surface area contributed by atoms with E-state index < -0.39 is 0 Å². The number of esters is 1. The Morgan fingerprint density at radius 1 is 1.33 bits per heavy atom. The van der Waals surface area contributed by atoms with E-state index in [2.05, 4.69) is 5.10 Å². The summed E-state index contributed by atoms with van der Waals surface area (Å²) in [6, 6.07) is 11.9. The van der Waals surface area contributed by atoms with Gasteiger partial charge in [-0.3, -0.25) is 9.48 Å². The number of hydrogen-bond acceptors (Lipinski definition) is 3. The molecule has 2 rings (SSSR count). The van der Waals surface area contributed by atoms with E-state index in [1.54, 1.807) is 11.6 Å².